The van der Waals surface area contributed by atoms with Crippen LogP contribution in [-0.4, -0.2) is 45.7 Å². The summed E-state index contributed by atoms with van der Waals surface area (Å²) in [7, 11) is -3.65. The summed E-state index contributed by atoms with van der Waals surface area (Å²) >= 11 is 0. The number of sulfonamides is 1. The second-order valence-electron chi connectivity index (χ2n) is 6.32. The van der Waals surface area contributed by atoms with Crippen LogP contribution in [0.4, 0.5) is 5.69 Å². The molecule has 0 aliphatic rings. The summed E-state index contributed by atoms with van der Waals surface area (Å²) in [5, 5.41) is 15.8. The van der Waals surface area contributed by atoms with Crippen molar-refractivity contribution in [3.63, 3.8) is 0 Å². The monoisotopic (exact) mass is 438 g/mol. The highest BCUT2D eigenvalue weighted by Gasteiger charge is 2.16. The number of anilines is 1. The van der Waals surface area contributed by atoms with Gasteiger partial charge >= 0.3 is 0 Å². The van der Waals surface area contributed by atoms with Crippen LogP contribution in [0.3, 0.4) is 0 Å². The molecule has 160 valence electrons. The van der Waals surface area contributed by atoms with Crippen LogP contribution in [0.2, 0.25) is 0 Å². The van der Waals surface area contributed by atoms with Crippen molar-refractivity contribution in [1.29, 1.82) is 5.26 Å². The van der Waals surface area contributed by atoms with Crippen molar-refractivity contribution in [3.8, 4) is 6.19 Å². The van der Waals surface area contributed by atoms with E-state index in [0.717, 1.165) is 11.1 Å². The smallest absolute Gasteiger partial charge is 0.241 e. The largest absolute Gasteiger partial charge is 0.378 e. The number of nitrogens with zero attached hydrogens (tertiary/aromatic N) is 3. The molecule has 0 saturated heterocycles. The number of fused-ring (bicyclic) bond motifs is 1. The van der Waals surface area contributed by atoms with E-state index in [0.29, 0.717) is 5.39 Å². The summed E-state index contributed by atoms with van der Waals surface area (Å²) in [5.41, 5.74) is 0.736. The van der Waals surface area contributed by atoms with Crippen molar-refractivity contribution >= 4 is 32.4 Å². The molecule has 10 heteroatoms. The van der Waals surface area contributed by atoms with E-state index in [1.54, 1.807) is 42.7 Å². The molecule has 1 heterocycles. The molecule has 0 bridgehead atoms. The summed E-state index contributed by atoms with van der Waals surface area (Å²) in [6, 6.07) is 16.0. The Hall–Kier alpha value is -3.52. The van der Waals surface area contributed by atoms with Gasteiger partial charge in [0.25, 0.3) is 0 Å². The Bertz CT molecular complexity index is 1170. The SMILES string of the molecule is N#CNC(=NCCOCCNS(=O)(=O)c1cccc2ccccc12)Nc1ccncc1. The highest BCUT2D eigenvalue weighted by atomic mass is 32.2. The van der Waals surface area contributed by atoms with Crippen LogP contribution in [0.15, 0.2) is 76.9 Å². The predicted octanol–water partition coefficient (Wildman–Crippen LogP) is 2.07. The molecule has 0 unspecified atom stereocenters. The Labute approximate surface area is 180 Å². The molecule has 1 aromatic heterocycles. The molecule has 3 rings (SSSR count). The number of benzene rings is 2. The molecule has 0 spiro atoms. The lowest BCUT2D eigenvalue weighted by molar-refractivity contribution is 0.147. The third kappa shape index (κ3) is 6.48. The first-order valence-corrected chi connectivity index (χ1v) is 11.0. The van der Waals surface area contributed by atoms with E-state index < -0.39 is 10.0 Å². The molecule has 0 amide bonds. The quantitative estimate of drug-likeness (QED) is 0.153. The zero-order chi connectivity index (χ0) is 21.9. The van der Waals surface area contributed by atoms with Gasteiger partial charge in [0.2, 0.25) is 16.0 Å². The first-order chi connectivity index (χ1) is 15.1. The Morgan fingerprint density at radius 1 is 1.06 bits per heavy atom. The van der Waals surface area contributed by atoms with Crippen molar-refractivity contribution in [1.82, 2.24) is 15.0 Å². The van der Waals surface area contributed by atoms with Gasteiger partial charge in [-0.2, -0.15) is 5.26 Å². The number of hydrogen-bond acceptors (Lipinski definition) is 6. The van der Waals surface area contributed by atoms with Gasteiger partial charge in [-0.05, 0) is 23.6 Å². The van der Waals surface area contributed by atoms with E-state index in [9.17, 15) is 8.42 Å². The van der Waals surface area contributed by atoms with Gasteiger partial charge in [-0.25, -0.2) is 18.1 Å². The lowest BCUT2D eigenvalue weighted by Gasteiger charge is -2.10. The Kier molecular flexibility index (Phi) is 7.89. The minimum atomic E-state index is -3.65. The number of ether oxygens (including phenoxy) is 1. The van der Waals surface area contributed by atoms with E-state index in [1.807, 2.05) is 30.5 Å². The molecule has 0 atom stereocenters. The zero-order valence-corrected chi connectivity index (χ0v) is 17.5. The van der Waals surface area contributed by atoms with E-state index in [1.165, 1.54) is 0 Å². The number of nitriles is 1. The van der Waals surface area contributed by atoms with Gasteiger partial charge in [-0.15, -0.1) is 0 Å². The van der Waals surface area contributed by atoms with Gasteiger partial charge in [0.05, 0.1) is 24.7 Å². The zero-order valence-electron chi connectivity index (χ0n) is 16.7. The summed E-state index contributed by atoms with van der Waals surface area (Å²) in [6.45, 7) is 0.884. The summed E-state index contributed by atoms with van der Waals surface area (Å²) in [6.07, 6.45) is 5.06. The van der Waals surface area contributed by atoms with Gasteiger partial charge in [-0.1, -0.05) is 36.4 Å². The predicted molar refractivity (Wildman–Crippen MR) is 119 cm³/mol. The Morgan fingerprint density at radius 3 is 2.65 bits per heavy atom. The average Bonchev–Trinajstić information content (AvgIpc) is 2.78. The maximum atomic E-state index is 12.6. The van der Waals surface area contributed by atoms with Gasteiger partial charge in [0, 0.05) is 30.0 Å². The average molecular weight is 439 g/mol. The first kappa shape index (κ1) is 22.2. The fourth-order valence-corrected chi connectivity index (χ4v) is 4.06. The number of pyridine rings is 1. The number of nitrogens with one attached hydrogen (secondary N) is 3. The van der Waals surface area contributed by atoms with Crippen LogP contribution in [-0.2, 0) is 14.8 Å². The minimum absolute atomic E-state index is 0.133. The van der Waals surface area contributed by atoms with Gasteiger partial charge in [-0.3, -0.25) is 10.3 Å². The highest BCUT2D eigenvalue weighted by Crippen LogP contribution is 2.22. The lowest BCUT2D eigenvalue weighted by atomic mass is 10.1. The van der Waals surface area contributed by atoms with Gasteiger partial charge < -0.3 is 10.1 Å². The van der Waals surface area contributed by atoms with Crippen LogP contribution in [0.1, 0.15) is 0 Å². The third-order valence-electron chi connectivity index (χ3n) is 4.20. The third-order valence-corrected chi connectivity index (χ3v) is 5.72. The van der Waals surface area contributed by atoms with Crippen molar-refractivity contribution in [3.05, 3.63) is 67.0 Å². The number of aliphatic imine (C=N–C) groups is 1. The van der Waals surface area contributed by atoms with Gasteiger partial charge in [0.1, 0.15) is 0 Å². The highest BCUT2D eigenvalue weighted by molar-refractivity contribution is 7.89. The Morgan fingerprint density at radius 2 is 1.84 bits per heavy atom. The van der Waals surface area contributed by atoms with Crippen molar-refractivity contribution < 1.29 is 13.2 Å². The molecule has 9 nitrogen and oxygen atoms in total. The van der Waals surface area contributed by atoms with E-state index in [4.69, 9.17) is 10.00 Å². The van der Waals surface area contributed by atoms with Crippen LogP contribution in [0.5, 0.6) is 0 Å². The van der Waals surface area contributed by atoms with Crippen LogP contribution < -0.4 is 15.4 Å². The van der Waals surface area contributed by atoms with E-state index in [2.05, 4.69) is 25.3 Å². The second kappa shape index (κ2) is 11.0. The molecule has 31 heavy (non-hydrogen) atoms. The van der Waals surface area contributed by atoms with Gasteiger partial charge in [0.15, 0.2) is 6.19 Å². The normalized spacial score (nSPS) is 11.8. The van der Waals surface area contributed by atoms with Crippen molar-refractivity contribution in [2.75, 3.05) is 31.6 Å². The molecule has 0 aliphatic heterocycles. The molecule has 2 aromatic carbocycles. The lowest BCUT2D eigenvalue weighted by Crippen LogP contribution is -2.28. The molecule has 0 aliphatic carbocycles. The first-order valence-electron chi connectivity index (χ1n) is 9.52. The summed E-state index contributed by atoms with van der Waals surface area (Å²) < 4.78 is 33.3. The molecular formula is C21H22N6O3S. The Balaban J connectivity index is 1.45. The summed E-state index contributed by atoms with van der Waals surface area (Å²) in [4.78, 5) is 8.39. The maximum Gasteiger partial charge on any atom is 0.241 e. The number of rotatable bonds is 9. The molecule has 0 saturated carbocycles. The molecule has 0 fully saturated rings. The number of hydrogen-bond donors (Lipinski definition) is 3. The van der Waals surface area contributed by atoms with E-state index >= 15 is 0 Å². The fraction of sp³-hybridized carbons (Fsp3) is 0.190. The van der Waals surface area contributed by atoms with Crippen LogP contribution >= 0.6 is 0 Å². The minimum Gasteiger partial charge on any atom is -0.378 e. The summed E-state index contributed by atoms with van der Waals surface area (Å²) in [5.74, 6) is 0.286. The van der Waals surface area contributed by atoms with E-state index in [-0.39, 0.29) is 37.2 Å². The topological polar surface area (TPSA) is 128 Å². The van der Waals surface area contributed by atoms with Crippen molar-refractivity contribution in [2.24, 2.45) is 4.99 Å². The molecule has 3 aromatic rings. The van der Waals surface area contributed by atoms with Crippen molar-refractivity contribution in [2.45, 2.75) is 4.90 Å². The second-order valence-corrected chi connectivity index (χ2v) is 8.05. The fourth-order valence-electron chi connectivity index (χ4n) is 2.82. The molecular weight excluding hydrogens is 416 g/mol. The van der Waals surface area contributed by atoms with Crippen LogP contribution in [0.25, 0.3) is 10.8 Å². The standard InChI is InChI=1S/C21H22N6O3S/c22-16-25-21(27-18-8-10-23-11-9-18)24-12-14-30-15-13-26-31(28,29)20-7-3-5-17-4-1-2-6-19(17)20/h1-11,26H,12-15H2,(H2,23,24,25,27). The number of aromatic nitrogens is 1. The maximum absolute atomic E-state index is 12.6. The number of guanidine groups is 1. The molecule has 3 N–H and O–H groups in total. The molecule has 0 radical (unpaired) electrons. The van der Waals surface area contributed by atoms with Crippen LogP contribution in [0, 0.1) is 11.5 Å².